The summed E-state index contributed by atoms with van der Waals surface area (Å²) in [6, 6.07) is 5.98. The van der Waals surface area contributed by atoms with Crippen molar-refractivity contribution in [2.24, 2.45) is 0 Å². The number of hydrogen-bond donors (Lipinski definition) is 0. The normalized spacial score (nSPS) is 21.9. The standard InChI is InChI=1S/C16H22BrNO2/c1-11-5-6-14(12(2)7-11)15(19)18-9-13(8-17)20-16(3,4)10-18/h5-7,13H,8-10H2,1-4H3. The van der Waals surface area contributed by atoms with Gasteiger partial charge in [-0.15, -0.1) is 0 Å². The molecule has 1 aliphatic heterocycles. The Bertz CT molecular complexity index is 513. The van der Waals surface area contributed by atoms with Crippen LogP contribution in [0.5, 0.6) is 0 Å². The van der Waals surface area contributed by atoms with Crippen molar-refractivity contribution in [1.82, 2.24) is 4.90 Å². The van der Waals surface area contributed by atoms with Crippen molar-refractivity contribution < 1.29 is 9.53 Å². The lowest BCUT2D eigenvalue weighted by molar-refractivity contribution is -0.116. The van der Waals surface area contributed by atoms with E-state index in [9.17, 15) is 4.79 Å². The summed E-state index contributed by atoms with van der Waals surface area (Å²) in [5, 5.41) is 0.743. The first kappa shape index (κ1) is 15.5. The van der Waals surface area contributed by atoms with Gasteiger partial charge in [0.1, 0.15) is 0 Å². The number of benzene rings is 1. The van der Waals surface area contributed by atoms with Gasteiger partial charge in [0.05, 0.1) is 11.7 Å². The monoisotopic (exact) mass is 339 g/mol. The predicted molar refractivity (Wildman–Crippen MR) is 84.6 cm³/mol. The molecule has 0 bridgehead atoms. The van der Waals surface area contributed by atoms with Crippen molar-refractivity contribution >= 4 is 21.8 Å². The lowest BCUT2D eigenvalue weighted by atomic mass is 10.0. The first-order chi connectivity index (χ1) is 9.32. The fourth-order valence-electron chi connectivity index (χ4n) is 2.75. The number of halogens is 1. The predicted octanol–water partition coefficient (Wildman–Crippen LogP) is 3.32. The van der Waals surface area contributed by atoms with Gasteiger partial charge in [-0.05, 0) is 39.3 Å². The molecule has 20 heavy (non-hydrogen) atoms. The van der Waals surface area contributed by atoms with Gasteiger partial charge in [-0.3, -0.25) is 4.79 Å². The minimum Gasteiger partial charge on any atom is -0.368 e. The zero-order valence-electron chi connectivity index (χ0n) is 12.6. The molecule has 0 spiro atoms. The molecular formula is C16H22BrNO2. The Morgan fingerprint density at radius 2 is 2.15 bits per heavy atom. The SMILES string of the molecule is Cc1ccc(C(=O)N2CC(CBr)OC(C)(C)C2)c(C)c1. The number of carbonyl (C=O) groups is 1. The smallest absolute Gasteiger partial charge is 0.254 e. The summed E-state index contributed by atoms with van der Waals surface area (Å²) in [4.78, 5) is 14.6. The van der Waals surface area contributed by atoms with E-state index in [1.54, 1.807) is 0 Å². The number of ether oxygens (including phenoxy) is 1. The van der Waals surface area contributed by atoms with Gasteiger partial charge in [0.25, 0.3) is 5.91 Å². The zero-order chi connectivity index (χ0) is 14.9. The van der Waals surface area contributed by atoms with Crippen LogP contribution in [0.3, 0.4) is 0 Å². The van der Waals surface area contributed by atoms with Crippen LogP contribution in [0.2, 0.25) is 0 Å². The number of amides is 1. The van der Waals surface area contributed by atoms with E-state index in [1.807, 2.05) is 44.7 Å². The molecule has 1 heterocycles. The topological polar surface area (TPSA) is 29.5 Å². The van der Waals surface area contributed by atoms with Gasteiger partial charge < -0.3 is 9.64 Å². The zero-order valence-corrected chi connectivity index (χ0v) is 14.2. The second kappa shape index (κ2) is 5.86. The highest BCUT2D eigenvalue weighted by atomic mass is 79.9. The maximum absolute atomic E-state index is 12.7. The second-order valence-corrected chi connectivity index (χ2v) is 6.81. The van der Waals surface area contributed by atoms with E-state index < -0.39 is 0 Å². The first-order valence-electron chi connectivity index (χ1n) is 6.93. The van der Waals surface area contributed by atoms with Crippen molar-refractivity contribution in [3.05, 3.63) is 34.9 Å². The molecule has 0 N–H and O–H groups in total. The van der Waals surface area contributed by atoms with Crippen molar-refractivity contribution in [2.45, 2.75) is 39.4 Å². The summed E-state index contributed by atoms with van der Waals surface area (Å²) in [6.45, 7) is 9.37. The highest BCUT2D eigenvalue weighted by Crippen LogP contribution is 2.24. The van der Waals surface area contributed by atoms with E-state index in [-0.39, 0.29) is 17.6 Å². The fraction of sp³-hybridized carbons (Fsp3) is 0.562. The van der Waals surface area contributed by atoms with E-state index in [0.29, 0.717) is 13.1 Å². The second-order valence-electron chi connectivity index (χ2n) is 6.16. The average Bonchev–Trinajstić information content (AvgIpc) is 2.36. The molecule has 1 aromatic carbocycles. The molecule has 1 saturated heterocycles. The number of morpholine rings is 1. The number of alkyl halides is 1. The summed E-state index contributed by atoms with van der Waals surface area (Å²) >= 11 is 3.46. The van der Waals surface area contributed by atoms with Crippen LogP contribution in [0.1, 0.15) is 35.3 Å². The van der Waals surface area contributed by atoms with Gasteiger partial charge in [-0.2, -0.15) is 0 Å². The molecule has 1 aliphatic rings. The molecule has 0 saturated carbocycles. The van der Waals surface area contributed by atoms with Gasteiger partial charge in [0.2, 0.25) is 0 Å². The minimum atomic E-state index is -0.301. The van der Waals surface area contributed by atoms with Gasteiger partial charge >= 0.3 is 0 Å². The number of carbonyl (C=O) groups excluding carboxylic acids is 1. The highest BCUT2D eigenvalue weighted by Gasteiger charge is 2.35. The molecule has 1 unspecified atom stereocenters. The molecule has 0 aliphatic carbocycles. The minimum absolute atomic E-state index is 0.0495. The molecule has 110 valence electrons. The van der Waals surface area contributed by atoms with Crippen molar-refractivity contribution in [3.63, 3.8) is 0 Å². The molecule has 1 fully saturated rings. The molecule has 1 aromatic rings. The van der Waals surface area contributed by atoms with Crippen LogP contribution in [0.4, 0.5) is 0 Å². The molecule has 3 nitrogen and oxygen atoms in total. The van der Waals surface area contributed by atoms with Crippen LogP contribution in [0.15, 0.2) is 18.2 Å². The van der Waals surface area contributed by atoms with Crippen LogP contribution in [0.25, 0.3) is 0 Å². The highest BCUT2D eigenvalue weighted by molar-refractivity contribution is 9.09. The summed E-state index contributed by atoms with van der Waals surface area (Å²) in [5.41, 5.74) is 2.71. The van der Waals surface area contributed by atoms with Crippen LogP contribution >= 0.6 is 15.9 Å². The Labute approximate surface area is 129 Å². The lowest BCUT2D eigenvalue weighted by Crippen LogP contribution is -2.55. The van der Waals surface area contributed by atoms with Crippen molar-refractivity contribution in [2.75, 3.05) is 18.4 Å². The largest absolute Gasteiger partial charge is 0.368 e. The number of rotatable bonds is 2. The van der Waals surface area contributed by atoms with E-state index in [4.69, 9.17) is 4.74 Å². The summed E-state index contributed by atoms with van der Waals surface area (Å²) in [6.07, 6.45) is 0.0495. The van der Waals surface area contributed by atoms with Gasteiger partial charge in [-0.1, -0.05) is 33.6 Å². The number of aryl methyl sites for hydroxylation is 2. The molecular weight excluding hydrogens is 318 g/mol. The Hall–Kier alpha value is -0.870. The summed E-state index contributed by atoms with van der Waals surface area (Å²) < 4.78 is 5.95. The summed E-state index contributed by atoms with van der Waals surface area (Å²) in [7, 11) is 0. The lowest BCUT2D eigenvalue weighted by Gasteiger charge is -2.42. The molecule has 2 rings (SSSR count). The van der Waals surface area contributed by atoms with Crippen LogP contribution in [-0.2, 0) is 4.74 Å². The van der Waals surface area contributed by atoms with Gasteiger partial charge in [-0.25, -0.2) is 0 Å². The third-order valence-electron chi connectivity index (χ3n) is 3.55. The summed E-state index contributed by atoms with van der Waals surface area (Å²) in [5.74, 6) is 0.102. The Morgan fingerprint density at radius 3 is 2.75 bits per heavy atom. The van der Waals surface area contributed by atoms with E-state index in [1.165, 1.54) is 5.56 Å². The van der Waals surface area contributed by atoms with E-state index in [2.05, 4.69) is 22.0 Å². The number of hydrogen-bond acceptors (Lipinski definition) is 2. The Balaban J connectivity index is 2.23. The van der Waals surface area contributed by atoms with Crippen LogP contribution in [0, 0.1) is 13.8 Å². The van der Waals surface area contributed by atoms with E-state index in [0.717, 1.165) is 16.5 Å². The first-order valence-corrected chi connectivity index (χ1v) is 8.05. The molecule has 1 amide bonds. The molecule has 4 heteroatoms. The molecule has 1 atom stereocenters. The van der Waals surface area contributed by atoms with Crippen LogP contribution < -0.4 is 0 Å². The fourth-order valence-corrected chi connectivity index (χ4v) is 3.09. The van der Waals surface area contributed by atoms with Crippen LogP contribution in [-0.4, -0.2) is 40.9 Å². The average molecular weight is 340 g/mol. The maximum Gasteiger partial charge on any atom is 0.254 e. The van der Waals surface area contributed by atoms with Gasteiger partial charge in [0, 0.05) is 24.0 Å². The van der Waals surface area contributed by atoms with Crippen molar-refractivity contribution in [1.29, 1.82) is 0 Å². The maximum atomic E-state index is 12.7. The quantitative estimate of drug-likeness (QED) is 0.773. The van der Waals surface area contributed by atoms with E-state index >= 15 is 0 Å². The van der Waals surface area contributed by atoms with Gasteiger partial charge in [0.15, 0.2) is 0 Å². The molecule has 0 aromatic heterocycles. The number of nitrogens with zero attached hydrogens (tertiary/aromatic N) is 1. The van der Waals surface area contributed by atoms with Crippen molar-refractivity contribution in [3.8, 4) is 0 Å². The Kier molecular flexibility index (Phi) is 4.55. The third-order valence-corrected chi connectivity index (χ3v) is 4.28. The third kappa shape index (κ3) is 3.41. The Morgan fingerprint density at radius 1 is 1.45 bits per heavy atom. The molecule has 0 radical (unpaired) electrons.